The number of hydrogen-bond donors (Lipinski definition) is 2. The fraction of sp³-hybridized carbons (Fsp3) is 0.545. The van der Waals surface area contributed by atoms with Crippen LogP contribution in [0.15, 0.2) is 9.85 Å². The molecule has 1 saturated heterocycles. The number of amides is 1. The van der Waals surface area contributed by atoms with Crippen LogP contribution in [0.1, 0.15) is 22.5 Å². The third-order valence-electron chi connectivity index (χ3n) is 2.77. The lowest BCUT2D eigenvalue weighted by Gasteiger charge is -2.10. The van der Waals surface area contributed by atoms with Crippen molar-refractivity contribution < 1.29 is 9.53 Å². The van der Waals surface area contributed by atoms with Gasteiger partial charge in [-0.1, -0.05) is 0 Å². The van der Waals surface area contributed by atoms with E-state index in [1.54, 1.807) is 13.2 Å². The highest BCUT2D eigenvalue weighted by atomic mass is 79.9. The average molecular weight is 319 g/mol. The fourth-order valence-corrected chi connectivity index (χ4v) is 3.40. The van der Waals surface area contributed by atoms with Crippen molar-refractivity contribution in [2.45, 2.75) is 18.9 Å². The Balaban J connectivity index is 1.89. The van der Waals surface area contributed by atoms with Gasteiger partial charge in [-0.05, 0) is 35.3 Å². The molecule has 0 saturated carbocycles. The summed E-state index contributed by atoms with van der Waals surface area (Å²) >= 11 is 4.75. The zero-order valence-electron chi connectivity index (χ0n) is 9.59. The summed E-state index contributed by atoms with van der Waals surface area (Å²) in [6.07, 6.45) is 2.33. The SMILES string of the molecule is COc1cc(C(=O)NCC2CCCN2)sc1Br. The summed E-state index contributed by atoms with van der Waals surface area (Å²) in [5, 5.41) is 6.28. The minimum Gasteiger partial charge on any atom is -0.495 e. The maximum absolute atomic E-state index is 11.9. The summed E-state index contributed by atoms with van der Waals surface area (Å²) in [6.45, 7) is 1.75. The molecule has 1 fully saturated rings. The molecule has 2 N–H and O–H groups in total. The molecule has 6 heteroatoms. The van der Waals surface area contributed by atoms with Crippen LogP contribution in [0.25, 0.3) is 0 Å². The standard InChI is InChI=1S/C11H15BrN2O2S/c1-16-8-5-9(17-10(8)12)11(15)14-6-7-3-2-4-13-7/h5,7,13H,2-4,6H2,1H3,(H,14,15). The van der Waals surface area contributed by atoms with Crippen molar-refractivity contribution in [3.63, 3.8) is 0 Å². The molecule has 0 aliphatic carbocycles. The number of carbonyl (C=O) groups excluding carboxylic acids is 1. The number of nitrogens with one attached hydrogen (secondary N) is 2. The Kier molecular flexibility index (Phi) is 4.42. The third kappa shape index (κ3) is 3.20. The molecule has 1 amide bonds. The van der Waals surface area contributed by atoms with Crippen molar-refractivity contribution in [2.24, 2.45) is 0 Å². The first kappa shape index (κ1) is 12.9. The Morgan fingerprint density at radius 3 is 3.18 bits per heavy atom. The Labute approximate surface area is 113 Å². The van der Waals surface area contributed by atoms with Gasteiger partial charge in [0.25, 0.3) is 5.91 Å². The number of carbonyl (C=O) groups is 1. The summed E-state index contributed by atoms with van der Waals surface area (Å²) in [7, 11) is 1.59. The van der Waals surface area contributed by atoms with Gasteiger partial charge in [0.1, 0.15) is 9.54 Å². The first-order chi connectivity index (χ1) is 8.20. The van der Waals surface area contributed by atoms with Gasteiger partial charge in [0.15, 0.2) is 0 Å². The molecular weight excluding hydrogens is 304 g/mol. The normalized spacial score (nSPS) is 19.3. The summed E-state index contributed by atoms with van der Waals surface area (Å²) in [4.78, 5) is 12.6. The van der Waals surface area contributed by atoms with E-state index in [0.717, 1.165) is 16.8 Å². The van der Waals surface area contributed by atoms with Crippen LogP contribution < -0.4 is 15.4 Å². The average Bonchev–Trinajstić information content (AvgIpc) is 2.94. The topological polar surface area (TPSA) is 50.4 Å². The van der Waals surface area contributed by atoms with E-state index in [4.69, 9.17) is 4.74 Å². The van der Waals surface area contributed by atoms with E-state index in [2.05, 4.69) is 26.6 Å². The molecule has 1 unspecified atom stereocenters. The maximum atomic E-state index is 11.9. The van der Waals surface area contributed by atoms with Gasteiger partial charge in [-0.2, -0.15) is 0 Å². The van der Waals surface area contributed by atoms with Crippen molar-refractivity contribution in [1.29, 1.82) is 0 Å². The highest BCUT2D eigenvalue weighted by Gasteiger charge is 2.17. The van der Waals surface area contributed by atoms with Crippen molar-refractivity contribution >= 4 is 33.2 Å². The van der Waals surface area contributed by atoms with Crippen molar-refractivity contribution in [3.05, 3.63) is 14.7 Å². The molecule has 2 heterocycles. The van der Waals surface area contributed by atoms with Crippen LogP contribution in [0.2, 0.25) is 0 Å². The van der Waals surface area contributed by atoms with Crippen LogP contribution in [-0.4, -0.2) is 32.1 Å². The summed E-state index contributed by atoms with van der Waals surface area (Å²) in [5.74, 6) is 0.673. The number of ether oxygens (including phenoxy) is 1. The lowest BCUT2D eigenvalue weighted by atomic mass is 10.2. The molecule has 0 radical (unpaired) electrons. The second kappa shape index (κ2) is 5.84. The second-order valence-electron chi connectivity index (χ2n) is 3.96. The number of thiophene rings is 1. The number of halogens is 1. The van der Waals surface area contributed by atoms with Gasteiger partial charge in [0.05, 0.1) is 12.0 Å². The lowest BCUT2D eigenvalue weighted by molar-refractivity contribution is 0.0954. The minimum absolute atomic E-state index is 0.0345. The van der Waals surface area contributed by atoms with Gasteiger partial charge in [-0.3, -0.25) is 4.79 Å². The number of rotatable bonds is 4. The van der Waals surface area contributed by atoms with E-state index in [9.17, 15) is 4.79 Å². The molecule has 0 bridgehead atoms. The molecule has 0 aromatic carbocycles. The molecule has 1 aromatic rings. The van der Waals surface area contributed by atoms with Gasteiger partial charge >= 0.3 is 0 Å². The highest BCUT2D eigenvalue weighted by Crippen LogP contribution is 2.34. The van der Waals surface area contributed by atoms with Crippen LogP contribution in [0, 0.1) is 0 Å². The van der Waals surface area contributed by atoms with Gasteiger partial charge in [-0.25, -0.2) is 0 Å². The Morgan fingerprint density at radius 2 is 2.59 bits per heavy atom. The van der Waals surface area contributed by atoms with Crippen LogP contribution in [0.4, 0.5) is 0 Å². The number of methoxy groups -OCH3 is 1. The lowest BCUT2D eigenvalue weighted by Crippen LogP contribution is -2.36. The van der Waals surface area contributed by atoms with E-state index in [-0.39, 0.29) is 5.91 Å². The summed E-state index contributed by atoms with van der Waals surface area (Å²) in [6, 6.07) is 2.18. The molecule has 1 atom stereocenters. The molecule has 1 aromatic heterocycles. The van der Waals surface area contributed by atoms with Crippen LogP contribution in [0.5, 0.6) is 5.75 Å². The molecule has 0 spiro atoms. The maximum Gasteiger partial charge on any atom is 0.261 e. The van der Waals surface area contributed by atoms with Gasteiger partial charge in [0.2, 0.25) is 0 Å². The molecule has 17 heavy (non-hydrogen) atoms. The van der Waals surface area contributed by atoms with E-state index in [0.29, 0.717) is 23.2 Å². The van der Waals surface area contributed by atoms with Crippen molar-refractivity contribution in [2.75, 3.05) is 20.2 Å². The molecule has 94 valence electrons. The molecular formula is C11H15BrN2O2S. The van der Waals surface area contributed by atoms with Crippen LogP contribution in [-0.2, 0) is 0 Å². The Hall–Kier alpha value is -0.590. The first-order valence-corrected chi connectivity index (χ1v) is 7.16. The minimum atomic E-state index is -0.0345. The molecule has 2 rings (SSSR count). The monoisotopic (exact) mass is 318 g/mol. The largest absolute Gasteiger partial charge is 0.495 e. The smallest absolute Gasteiger partial charge is 0.261 e. The third-order valence-corrected chi connectivity index (χ3v) is 4.55. The molecule has 1 aliphatic heterocycles. The quantitative estimate of drug-likeness (QED) is 0.892. The fourth-order valence-electron chi connectivity index (χ4n) is 1.84. The van der Waals surface area contributed by atoms with E-state index in [1.165, 1.54) is 17.8 Å². The van der Waals surface area contributed by atoms with E-state index >= 15 is 0 Å². The zero-order chi connectivity index (χ0) is 12.3. The molecule has 1 aliphatic rings. The predicted octanol–water partition coefficient (Wildman–Crippen LogP) is 2.00. The van der Waals surface area contributed by atoms with Gasteiger partial charge in [-0.15, -0.1) is 11.3 Å². The van der Waals surface area contributed by atoms with Crippen molar-refractivity contribution in [3.8, 4) is 5.75 Å². The van der Waals surface area contributed by atoms with Gasteiger partial charge in [0, 0.05) is 18.7 Å². The van der Waals surface area contributed by atoms with Crippen molar-refractivity contribution in [1.82, 2.24) is 10.6 Å². The Bertz CT molecular complexity index is 402. The molecule has 4 nitrogen and oxygen atoms in total. The van der Waals surface area contributed by atoms with Gasteiger partial charge < -0.3 is 15.4 Å². The predicted molar refractivity (Wildman–Crippen MR) is 71.9 cm³/mol. The first-order valence-electron chi connectivity index (χ1n) is 5.55. The van der Waals surface area contributed by atoms with Crippen LogP contribution >= 0.6 is 27.3 Å². The van der Waals surface area contributed by atoms with E-state index < -0.39 is 0 Å². The summed E-state index contributed by atoms with van der Waals surface area (Å²) in [5.41, 5.74) is 0. The van der Waals surface area contributed by atoms with E-state index in [1.807, 2.05) is 0 Å². The highest BCUT2D eigenvalue weighted by molar-refractivity contribution is 9.11. The van der Waals surface area contributed by atoms with Crippen LogP contribution in [0.3, 0.4) is 0 Å². The summed E-state index contributed by atoms with van der Waals surface area (Å²) < 4.78 is 5.98. The zero-order valence-corrected chi connectivity index (χ0v) is 12.0. The number of hydrogen-bond acceptors (Lipinski definition) is 4. The second-order valence-corrected chi connectivity index (χ2v) is 6.33. The Morgan fingerprint density at radius 1 is 1.76 bits per heavy atom.